The van der Waals surface area contributed by atoms with E-state index in [-0.39, 0.29) is 0 Å². The third-order valence-electron chi connectivity index (χ3n) is 3.09. The Bertz CT molecular complexity index is 146. The highest BCUT2D eigenvalue weighted by Gasteiger charge is 2.44. The van der Waals surface area contributed by atoms with Gasteiger partial charge in [-0.15, -0.1) is 0 Å². The van der Waals surface area contributed by atoms with Crippen molar-refractivity contribution in [1.29, 1.82) is 0 Å². The first kappa shape index (κ1) is 7.53. The first-order valence-corrected chi connectivity index (χ1v) is 4.53. The highest BCUT2D eigenvalue weighted by molar-refractivity contribution is 4.97. The normalized spacial score (nSPS) is 37.1. The average molecular weight is 157 g/mol. The lowest BCUT2D eigenvalue weighted by Gasteiger charge is -2.51. The van der Waals surface area contributed by atoms with Crippen LogP contribution in [0.4, 0.5) is 4.39 Å². The van der Waals surface area contributed by atoms with Gasteiger partial charge in [0.1, 0.15) is 6.17 Å². The van der Waals surface area contributed by atoms with E-state index in [1.807, 2.05) is 0 Å². The van der Waals surface area contributed by atoms with Crippen LogP contribution in [0.2, 0.25) is 0 Å². The molecule has 1 unspecified atom stereocenters. The van der Waals surface area contributed by atoms with Crippen molar-refractivity contribution in [3.8, 4) is 0 Å². The van der Waals surface area contributed by atoms with E-state index in [9.17, 15) is 4.39 Å². The van der Waals surface area contributed by atoms with Gasteiger partial charge >= 0.3 is 0 Å². The molecular formula is C9H16FN. The molecule has 64 valence electrons. The van der Waals surface area contributed by atoms with E-state index in [1.54, 1.807) is 0 Å². The number of alkyl halides is 1. The largest absolute Gasteiger partial charge is 0.305 e. The quantitative estimate of drug-likeness (QED) is 0.518. The third-order valence-corrected chi connectivity index (χ3v) is 3.09. The molecule has 0 amide bonds. The standard InChI is InChI=1S/C9H16FN/c1-11-6-9(7-11)4-2-3-8(10)5-9/h8H,2-7H2,1H3. The van der Waals surface area contributed by atoms with Crippen molar-refractivity contribution in [2.45, 2.75) is 31.9 Å². The van der Waals surface area contributed by atoms with Crippen LogP contribution in [0.5, 0.6) is 0 Å². The maximum atomic E-state index is 13.0. The first-order valence-electron chi connectivity index (χ1n) is 4.53. The summed E-state index contributed by atoms with van der Waals surface area (Å²) < 4.78 is 13.0. The second-order valence-corrected chi connectivity index (χ2v) is 4.37. The maximum Gasteiger partial charge on any atom is 0.101 e. The van der Waals surface area contributed by atoms with Gasteiger partial charge in [-0.05, 0) is 38.1 Å². The van der Waals surface area contributed by atoms with Crippen molar-refractivity contribution in [2.24, 2.45) is 5.41 Å². The van der Waals surface area contributed by atoms with Crippen LogP contribution in [0.25, 0.3) is 0 Å². The summed E-state index contributed by atoms with van der Waals surface area (Å²) in [6, 6.07) is 0. The van der Waals surface area contributed by atoms with E-state index >= 15 is 0 Å². The van der Waals surface area contributed by atoms with Gasteiger partial charge in [0.2, 0.25) is 0 Å². The minimum Gasteiger partial charge on any atom is -0.305 e. The zero-order valence-corrected chi connectivity index (χ0v) is 7.15. The van der Waals surface area contributed by atoms with Crippen molar-refractivity contribution in [2.75, 3.05) is 20.1 Å². The summed E-state index contributed by atoms with van der Waals surface area (Å²) in [5.41, 5.74) is 0.395. The van der Waals surface area contributed by atoms with Gasteiger partial charge in [-0.1, -0.05) is 0 Å². The zero-order valence-electron chi connectivity index (χ0n) is 7.15. The monoisotopic (exact) mass is 157 g/mol. The van der Waals surface area contributed by atoms with Crippen LogP contribution in [0.3, 0.4) is 0 Å². The molecule has 1 saturated heterocycles. The van der Waals surface area contributed by atoms with Crippen molar-refractivity contribution in [3.63, 3.8) is 0 Å². The molecule has 1 atom stereocenters. The fourth-order valence-corrected chi connectivity index (χ4v) is 2.76. The lowest BCUT2D eigenvalue weighted by Crippen LogP contribution is -2.56. The summed E-state index contributed by atoms with van der Waals surface area (Å²) in [5.74, 6) is 0. The molecule has 1 aliphatic heterocycles. The van der Waals surface area contributed by atoms with Crippen molar-refractivity contribution < 1.29 is 4.39 Å². The molecule has 1 nitrogen and oxygen atoms in total. The predicted molar refractivity (Wildman–Crippen MR) is 43.3 cm³/mol. The number of rotatable bonds is 0. The lowest BCUT2D eigenvalue weighted by molar-refractivity contribution is -0.0336. The molecule has 1 heterocycles. The van der Waals surface area contributed by atoms with E-state index in [0.29, 0.717) is 5.41 Å². The van der Waals surface area contributed by atoms with Gasteiger partial charge in [-0.2, -0.15) is 0 Å². The Balaban J connectivity index is 1.93. The van der Waals surface area contributed by atoms with Gasteiger partial charge in [0.05, 0.1) is 0 Å². The highest BCUT2D eigenvalue weighted by Crippen LogP contribution is 2.43. The Morgan fingerprint density at radius 2 is 2.18 bits per heavy atom. The van der Waals surface area contributed by atoms with E-state index in [4.69, 9.17) is 0 Å². The Kier molecular flexibility index (Phi) is 1.67. The van der Waals surface area contributed by atoms with Crippen LogP contribution < -0.4 is 0 Å². The Morgan fingerprint density at radius 1 is 1.45 bits per heavy atom. The van der Waals surface area contributed by atoms with Crippen LogP contribution in [0.15, 0.2) is 0 Å². The van der Waals surface area contributed by atoms with Gasteiger partial charge in [0.25, 0.3) is 0 Å². The van der Waals surface area contributed by atoms with Crippen LogP contribution in [-0.4, -0.2) is 31.2 Å². The Hall–Kier alpha value is -0.110. The highest BCUT2D eigenvalue weighted by atomic mass is 19.1. The molecule has 1 saturated carbocycles. The lowest BCUT2D eigenvalue weighted by atomic mass is 9.68. The molecule has 11 heavy (non-hydrogen) atoms. The second kappa shape index (κ2) is 2.44. The molecule has 0 aromatic carbocycles. The molecule has 0 N–H and O–H groups in total. The number of hydrogen-bond acceptors (Lipinski definition) is 1. The summed E-state index contributed by atoms with van der Waals surface area (Å²) in [4.78, 5) is 2.29. The van der Waals surface area contributed by atoms with E-state index < -0.39 is 6.17 Å². The molecule has 0 radical (unpaired) electrons. The molecule has 1 spiro atoms. The number of likely N-dealkylation sites (tertiary alicyclic amines) is 1. The number of hydrogen-bond donors (Lipinski definition) is 0. The smallest absolute Gasteiger partial charge is 0.101 e. The van der Waals surface area contributed by atoms with Crippen molar-refractivity contribution in [3.05, 3.63) is 0 Å². The van der Waals surface area contributed by atoms with Gasteiger partial charge in [0, 0.05) is 13.1 Å². The van der Waals surface area contributed by atoms with Crippen LogP contribution >= 0.6 is 0 Å². The van der Waals surface area contributed by atoms with Crippen molar-refractivity contribution >= 4 is 0 Å². The van der Waals surface area contributed by atoms with E-state index in [0.717, 1.165) is 32.4 Å². The summed E-state index contributed by atoms with van der Waals surface area (Å²) in [7, 11) is 2.12. The maximum absolute atomic E-state index is 13.0. The fraction of sp³-hybridized carbons (Fsp3) is 1.00. The average Bonchev–Trinajstić information content (AvgIpc) is 1.84. The summed E-state index contributed by atoms with van der Waals surface area (Å²) >= 11 is 0. The molecule has 2 fully saturated rings. The minimum atomic E-state index is -0.502. The van der Waals surface area contributed by atoms with E-state index in [1.165, 1.54) is 6.42 Å². The van der Waals surface area contributed by atoms with Crippen molar-refractivity contribution in [1.82, 2.24) is 4.90 Å². The van der Waals surface area contributed by atoms with Gasteiger partial charge in [-0.3, -0.25) is 0 Å². The number of nitrogens with zero attached hydrogens (tertiary/aromatic N) is 1. The van der Waals surface area contributed by atoms with Gasteiger partial charge in [-0.25, -0.2) is 4.39 Å². The van der Waals surface area contributed by atoms with Crippen LogP contribution in [0.1, 0.15) is 25.7 Å². The topological polar surface area (TPSA) is 3.24 Å². The molecular weight excluding hydrogens is 141 g/mol. The summed E-state index contributed by atoms with van der Waals surface area (Å²) in [6.07, 6.45) is 3.51. The summed E-state index contributed by atoms with van der Waals surface area (Å²) in [5, 5.41) is 0. The van der Waals surface area contributed by atoms with Crippen LogP contribution in [0, 0.1) is 5.41 Å². The summed E-state index contributed by atoms with van der Waals surface area (Å²) in [6.45, 7) is 2.26. The minimum absolute atomic E-state index is 0.395. The molecule has 2 aliphatic rings. The second-order valence-electron chi connectivity index (χ2n) is 4.37. The Labute approximate surface area is 67.6 Å². The van der Waals surface area contributed by atoms with Gasteiger partial charge in [0.15, 0.2) is 0 Å². The SMILES string of the molecule is CN1CC2(CCCC(F)C2)C1. The van der Waals surface area contributed by atoms with Crippen LogP contribution in [-0.2, 0) is 0 Å². The third kappa shape index (κ3) is 1.28. The molecule has 2 heteroatoms. The molecule has 0 bridgehead atoms. The molecule has 0 aromatic heterocycles. The molecule has 2 rings (SSSR count). The predicted octanol–water partition coefficient (Wildman–Crippen LogP) is 1.83. The molecule has 1 aliphatic carbocycles. The van der Waals surface area contributed by atoms with Gasteiger partial charge < -0.3 is 4.90 Å². The first-order chi connectivity index (χ1) is 5.20. The van der Waals surface area contributed by atoms with E-state index in [2.05, 4.69) is 11.9 Å². The fourth-order valence-electron chi connectivity index (χ4n) is 2.76. The molecule has 0 aromatic rings. The zero-order chi connectivity index (χ0) is 7.90. The Morgan fingerprint density at radius 3 is 2.73 bits per heavy atom. The number of halogens is 1.